The van der Waals surface area contributed by atoms with Crippen LogP contribution in [0.2, 0.25) is 0 Å². The van der Waals surface area contributed by atoms with Crippen molar-refractivity contribution in [3.8, 4) is 11.5 Å². The quantitative estimate of drug-likeness (QED) is 0.408. The number of rotatable bonds is 8. The van der Waals surface area contributed by atoms with Crippen LogP contribution in [-0.2, 0) is 4.74 Å². The summed E-state index contributed by atoms with van der Waals surface area (Å²) in [5, 5.41) is 8.00. The molecule has 0 aliphatic carbocycles. The van der Waals surface area contributed by atoms with E-state index in [1.807, 2.05) is 19.9 Å². The largest absolute Gasteiger partial charge is 0.411 e. The first-order valence-electron chi connectivity index (χ1n) is 8.84. The number of aromatic nitrogens is 3. The fourth-order valence-electron chi connectivity index (χ4n) is 3.27. The Kier molecular flexibility index (Phi) is 6.31. The summed E-state index contributed by atoms with van der Waals surface area (Å²) < 4.78 is 26.6. The molecular weight excluding hydrogens is 381 g/mol. The molecule has 1 atom stereocenters. The lowest BCUT2D eigenvalue weighted by atomic mass is 10.2. The molecule has 0 amide bonds. The lowest BCUT2D eigenvalue weighted by molar-refractivity contribution is 0.102. The number of hydrogen-bond donors (Lipinski definition) is 0. The summed E-state index contributed by atoms with van der Waals surface area (Å²) in [7, 11) is 1.66. The van der Waals surface area contributed by atoms with Crippen molar-refractivity contribution < 1.29 is 18.3 Å². The summed E-state index contributed by atoms with van der Waals surface area (Å²) in [6.45, 7) is 6.52. The monoisotopic (exact) mass is 403 g/mol. The topological polar surface area (TPSA) is 70.2 Å². The number of ether oxygens (including phenoxy) is 1. The maximum absolute atomic E-state index is 13.8. The normalized spacial score (nSPS) is 12.3. The Labute approximate surface area is 167 Å². The zero-order valence-corrected chi connectivity index (χ0v) is 17.0. The van der Waals surface area contributed by atoms with Crippen LogP contribution in [0.3, 0.4) is 0 Å². The van der Waals surface area contributed by atoms with E-state index in [2.05, 4.69) is 21.7 Å². The first kappa shape index (κ1) is 20.3. The number of hydrogen-bond acceptors (Lipinski definition) is 6. The summed E-state index contributed by atoms with van der Waals surface area (Å²) in [5.41, 5.74) is 2.82. The van der Waals surface area contributed by atoms with E-state index < -0.39 is 5.82 Å². The van der Waals surface area contributed by atoms with E-state index in [9.17, 15) is 9.18 Å². The van der Waals surface area contributed by atoms with Crippen LogP contribution in [0.25, 0.3) is 11.5 Å². The third kappa shape index (κ3) is 4.18. The number of methoxy groups -OCH3 is 1. The maximum atomic E-state index is 13.8. The van der Waals surface area contributed by atoms with Gasteiger partial charge < -0.3 is 13.7 Å². The molecule has 3 aromatic rings. The first-order chi connectivity index (χ1) is 13.4. The zero-order chi connectivity index (χ0) is 20.3. The fourth-order valence-corrected chi connectivity index (χ4v) is 3.92. The van der Waals surface area contributed by atoms with Crippen LogP contribution in [0.5, 0.6) is 0 Å². The lowest BCUT2D eigenvalue weighted by Crippen LogP contribution is -2.14. The number of halogens is 1. The van der Waals surface area contributed by atoms with Crippen molar-refractivity contribution in [2.45, 2.75) is 32.0 Å². The van der Waals surface area contributed by atoms with E-state index in [1.54, 1.807) is 25.3 Å². The van der Waals surface area contributed by atoms with Gasteiger partial charge in [0.2, 0.25) is 0 Å². The SMILES string of the molecule is COC[C@H](C)n1c(C)cc(C(=O)CSc2nnc(-c3ccccc3F)o2)c1C. The minimum Gasteiger partial charge on any atom is -0.411 e. The Hall–Kier alpha value is -2.45. The van der Waals surface area contributed by atoms with Crippen molar-refractivity contribution in [3.63, 3.8) is 0 Å². The van der Waals surface area contributed by atoms with Crippen molar-refractivity contribution >= 4 is 17.5 Å². The fraction of sp³-hybridized carbons (Fsp3) is 0.350. The van der Waals surface area contributed by atoms with E-state index in [0.29, 0.717) is 12.2 Å². The predicted octanol–water partition coefficient (Wildman–Crippen LogP) is 4.48. The minimum absolute atomic E-state index is 0.0281. The Balaban J connectivity index is 1.70. The van der Waals surface area contributed by atoms with Gasteiger partial charge in [0.1, 0.15) is 5.82 Å². The molecular formula is C20H22FN3O3S. The van der Waals surface area contributed by atoms with Crippen molar-refractivity contribution in [3.05, 3.63) is 53.1 Å². The van der Waals surface area contributed by atoms with Gasteiger partial charge in [-0.2, -0.15) is 0 Å². The molecule has 2 aromatic heterocycles. The second-order valence-corrected chi connectivity index (χ2v) is 7.45. The van der Waals surface area contributed by atoms with E-state index in [-0.39, 0.29) is 34.3 Å². The molecule has 0 saturated heterocycles. The number of aryl methyl sites for hydroxylation is 1. The third-order valence-corrected chi connectivity index (χ3v) is 5.29. The van der Waals surface area contributed by atoms with Crippen LogP contribution in [0.1, 0.15) is 34.7 Å². The highest BCUT2D eigenvalue weighted by molar-refractivity contribution is 7.99. The standard InChI is InChI=1S/C20H22FN3O3S/c1-12-9-16(14(3)24(12)13(2)10-26-4)18(25)11-28-20-23-22-19(27-20)15-7-5-6-8-17(15)21/h5-9,13H,10-11H2,1-4H3/t13-/m0/s1. The number of nitrogens with zero attached hydrogens (tertiary/aromatic N) is 3. The Morgan fingerprint density at radius 3 is 2.79 bits per heavy atom. The molecule has 6 nitrogen and oxygen atoms in total. The lowest BCUT2D eigenvalue weighted by Gasteiger charge is -2.17. The van der Waals surface area contributed by atoms with Crippen molar-refractivity contribution in [1.82, 2.24) is 14.8 Å². The zero-order valence-electron chi connectivity index (χ0n) is 16.2. The van der Waals surface area contributed by atoms with Crippen LogP contribution in [0.4, 0.5) is 4.39 Å². The molecule has 0 spiro atoms. The van der Waals surface area contributed by atoms with Gasteiger partial charge in [-0.15, -0.1) is 10.2 Å². The van der Waals surface area contributed by atoms with Gasteiger partial charge in [-0.05, 0) is 39.0 Å². The van der Waals surface area contributed by atoms with Gasteiger partial charge in [-0.1, -0.05) is 23.9 Å². The molecule has 0 saturated carbocycles. The average molecular weight is 403 g/mol. The van der Waals surface area contributed by atoms with Crippen LogP contribution in [0, 0.1) is 19.7 Å². The highest BCUT2D eigenvalue weighted by Crippen LogP contribution is 2.27. The predicted molar refractivity (Wildman–Crippen MR) is 105 cm³/mol. The molecule has 3 rings (SSSR count). The van der Waals surface area contributed by atoms with Gasteiger partial charge >= 0.3 is 0 Å². The van der Waals surface area contributed by atoms with Crippen LogP contribution >= 0.6 is 11.8 Å². The third-order valence-electron chi connectivity index (χ3n) is 4.47. The Bertz CT molecular complexity index is 983. The van der Waals surface area contributed by atoms with Crippen molar-refractivity contribution in [1.29, 1.82) is 0 Å². The van der Waals surface area contributed by atoms with Gasteiger partial charge in [0, 0.05) is 24.1 Å². The highest BCUT2D eigenvalue weighted by atomic mass is 32.2. The summed E-state index contributed by atoms with van der Waals surface area (Å²) in [5.74, 6) is -0.211. The number of carbonyl (C=O) groups excluding carboxylic acids is 1. The van der Waals surface area contributed by atoms with Gasteiger partial charge in [-0.25, -0.2) is 4.39 Å². The van der Waals surface area contributed by atoms with E-state index >= 15 is 0 Å². The number of ketones is 1. The summed E-state index contributed by atoms with van der Waals surface area (Å²) in [4.78, 5) is 12.7. The van der Waals surface area contributed by atoms with E-state index in [0.717, 1.165) is 23.1 Å². The molecule has 0 bridgehead atoms. The summed E-state index contributed by atoms with van der Waals surface area (Å²) >= 11 is 1.14. The summed E-state index contributed by atoms with van der Waals surface area (Å²) in [6.07, 6.45) is 0. The second-order valence-electron chi connectivity index (χ2n) is 6.52. The molecule has 0 unspecified atom stereocenters. The number of benzene rings is 1. The van der Waals surface area contributed by atoms with Crippen molar-refractivity contribution in [2.24, 2.45) is 0 Å². The summed E-state index contributed by atoms with van der Waals surface area (Å²) in [6, 6.07) is 8.21. The number of Topliss-reactive ketones (excluding diaryl/α,β-unsaturated/α-hetero) is 1. The molecule has 0 aliphatic rings. The van der Waals surface area contributed by atoms with Crippen LogP contribution < -0.4 is 0 Å². The van der Waals surface area contributed by atoms with E-state index in [1.165, 1.54) is 6.07 Å². The van der Waals surface area contributed by atoms with Crippen LogP contribution in [-0.4, -0.2) is 40.0 Å². The molecule has 0 aliphatic heterocycles. The van der Waals surface area contributed by atoms with Gasteiger partial charge in [0.05, 0.1) is 24.0 Å². The molecule has 148 valence electrons. The van der Waals surface area contributed by atoms with E-state index in [4.69, 9.17) is 9.15 Å². The second kappa shape index (κ2) is 8.70. The number of thioether (sulfide) groups is 1. The molecule has 0 fully saturated rings. The first-order valence-corrected chi connectivity index (χ1v) is 9.82. The molecule has 28 heavy (non-hydrogen) atoms. The van der Waals surface area contributed by atoms with Crippen molar-refractivity contribution in [2.75, 3.05) is 19.5 Å². The van der Waals surface area contributed by atoms with Gasteiger partial charge in [0.25, 0.3) is 11.1 Å². The smallest absolute Gasteiger partial charge is 0.277 e. The number of carbonyl (C=O) groups is 1. The van der Waals surface area contributed by atoms with Gasteiger partial charge in [0.15, 0.2) is 5.78 Å². The minimum atomic E-state index is -0.434. The average Bonchev–Trinajstić information content (AvgIpc) is 3.24. The Morgan fingerprint density at radius 1 is 1.32 bits per heavy atom. The molecule has 0 radical (unpaired) electrons. The molecule has 2 heterocycles. The van der Waals surface area contributed by atoms with Gasteiger partial charge in [-0.3, -0.25) is 4.79 Å². The Morgan fingerprint density at radius 2 is 2.07 bits per heavy atom. The molecule has 0 N–H and O–H groups in total. The van der Waals surface area contributed by atoms with Crippen LogP contribution in [0.15, 0.2) is 40.0 Å². The highest BCUT2D eigenvalue weighted by Gasteiger charge is 2.20. The molecule has 8 heteroatoms. The molecule has 1 aromatic carbocycles. The maximum Gasteiger partial charge on any atom is 0.277 e.